The van der Waals surface area contributed by atoms with Crippen LogP contribution < -0.4 is 21.2 Å². The second-order valence-corrected chi connectivity index (χ2v) is 9.33. The van der Waals surface area contributed by atoms with Crippen molar-refractivity contribution in [2.24, 2.45) is 14.1 Å². The first-order valence-electron chi connectivity index (χ1n) is 11.7. The number of pyridine rings is 2. The van der Waals surface area contributed by atoms with Crippen LogP contribution in [-0.2, 0) is 14.1 Å². The van der Waals surface area contributed by atoms with Crippen molar-refractivity contribution in [3.05, 3.63) is 80.3 Å². The number of aryl methyl sites for hydroxylation is 4. The van der Waals surface area contributed by atoms with Crippen molar-refractivity contribution >= 4 is 16.8 Å². The predicted molar refractivity (Wildman–Crippen MR) is 135 cm³/mol. The van der Waals surface area contributed by atoms with Crippen molar-refractivity contribution in [3.8, 4) is 22.6 Å². The summed E-state index contributed by atoms with van der Waals surface area (Å²) in [5.74, 6) is 0.539. The Bertz CT molecular complexity index is 1570. The van der Waals surface area contributed by atoms with E-state index in [0.29, 0.717) is 33.5 Å². The molecule has 0 aliphatic heterocycles. The number of rotatable bonds is 5. The van der Waals surface area contributed by atoms with Gasteiger partial charge in [0, 0.05) is 49.0 Å². The first-order valence-corrected chi connectivity index (χ1v) is 11.7. The zero-order valence-electron chi connectivity index (χ0n) is 20.3. The van der Waals surface area contributed by atoms with Crippen molar-refractivity contribution in [1.82, 2.24) is 19.4 Å². The van der Waals surface area contributed by atoms with Gasteiger partial charge in [0.2, 0.25) is 0 Å². The number of carbonyl (C=O) groups is 1. The molecule has 0 atom stereocenters. The Morgan fingerprint density at radius 2 is 1.71 bits per heavy atom. The molecule has 1 amide bonds. The summed E-state index contributed by atoms with van der Waals surface area (Å²) in [4.78, 5) is 42.0. The Labute approximate surface area is 202 Å². The Morgan fingerprint density at radius 3 is 2.37 bits per heavy atom. The SMILES string of the molecule is Cc1cccc(C)c1Oc1c(-c2cn(C)c(=O)c3[nH]c(C(=O)NC4CCC4)cc23)ccn(C)c1=O. The van der Waals surface area contributed by atoms with Crippen LogP contribution in [0.3, 0.4) is 0 Å². The maximum atomic E-state index is 13.2. The minimum absolute atomic E-state index is 0.161. The number of hydrogen-bond donors (Lipinski definition) is 2. The molecule has 1 fully saturated rings. The van der Waals surface area contributed by atoms with Gasteiger partial charge in [0.15, 0.2) is 5.75 Å². The van der Waals surface area contributed by atoms with Gasteiger partial charge in [-0.15, -0.1) is 0 Å². The van der Waals surface area contributed by atoms with Crippen LogP contribution in [0.2, 0.25) is 0 Å². The minimum atomic E-state index is -0.300. The molecule has 1 saturated carbocycles. The lowest BCUT2D eigenvalue weighted by Gasteiger charge is -2.25. The first kappa shape index (κ1) is 22.7. The maximum absolute atomic E-state index is 13.2. The smallest absolute Gasteiger partial charge is 0.293 e. The van der Waals surface area contributed by atoms with Crippen LogP contribution in [0.4, 0.5) is 0 Å². The van der Waals surface area contributed by atoms with Crippen LogP contribution in [0.5, 0.6) is 11.5 Å². The van der Waals surface area contributed by atoms with Crippen LogP contribution in [0.15, 0.2) is 52.3 Å². The van der Waals surface area contributed by atoms with Crippen molar-refractivity contribution in [2.45, 2.75) is 39.2 Å². The second-order valence-electron chi connectivity index (χ2n) is 9.33. The third-order valence-electron chi connectivity index (χ3n) is 6.78. The van der Waals surface area contributed by atoms with E-state index in [1.165, 1.54) is 9.13 Å². The van der Waals surface area contributed by atoms with Crippen molar-refractivity contribution in [2.75, 3.05) is 0 Å². The Kier molecular flexibility index (Phi) is 5.59. The monoisotopic (exact) mass is 472 g/mol. The molecule has 3 heterocycles. The average Bonchev–Trinajstić information content (AvgIpc) is 3.25. The van der Waals surface area contributed by atoms with Crippen molar-refractivity contribution in [1.29, 1.82) is 0 Å². The fourth-order valence-electron chi connectivity index (χ4n) is 4.46. The summed E-state index contributed by atoms with van der Waals surface area (Å²) < 4.78 is 9.18. The van der Waals surface area contributed by atoms with Crippen LogP contribution >= 0.6 is 0 Å². The van der Waals surface area contributed by atoms with Crippen LogP contribution in [0.25, 0.3) is 22.0 Å². The van der Waals surface area contributed by atoms with Crippen molar-refractivity contribution < 1.29 is 9.53 Å². The number of amides is 1. The molecule has 0 spiro atoms. The fraction of sp³-hybridized carbons (Fsp3) is 0.296. The van der Waals surface area contributed by atoms with Gasteiger partial charge in [-0.1, -0.05) is 18.2 Å². The highest BCUT2D eigenvalue weighted by Gasteiger charge is 2.24. The summed E-state index contributed by atoms with van der Waals surface area (Å²) in [6.07, 6.45) is 6.38. The molecule has 4 aromatic rings. The molecule has 1 aliphatic carbocycles. The highest BCUT2D eigenvalue weighted by molar-refractivity contribution is 6.03. The summed E-state index contributed by atoms with van der Waals surface area (Å²) in [6, 6.07) is 9.45. The molecule has 3 aromatic heterocycles. The molecular weight excluding hydrogens is 444 g/mol. The van der Waals surface area contributed by atoms with E-state index < -0.39 is 0 Å². The van der Waals surface area contributed by atoms with Gasteiger partial charge in [-0.3, -0.25) is 14.4 Å². The largest absolute Gasteiger partial charge is 0.450 e. The Hall–Kier alpha value is -4.07. The van der Waals surface area contributed by atoms with Gasteiger partial charge in [-0.2, -0.15) is 0 Å². The van der Waals surface area contributed by atoms with E-state index in [-0.39, 0.29) is 28.8 Å². The third-order valence-corrected chi connectivity index (χ3v) is 6.78. The Balaban J connectivity index is 1.69. The normalized spacial score (nSPS) is 13.6. The zero-order chi connectivity index (χ0) is 24.9. The number of nitrogens with zero attached hydrogens (tertiary/aromatic N) is 2. The summed E-state index contributed by atoms with van der Waals surface area (Å²) in [5, 5.41) is 3.56. The lowest BCUT2D eigenvalue weighted by atomic mass is 9.93. The molecule has 0 bridgehead atoms. The molecule has 8 heteroatoms. The standard InChI is InChI=1S/C27H28N4O4/c1-15-7-5-8-16(2)23(15)35-24-18(11-12-30(3)27(24)34)20-14-31(4)26(33)22-19(20)13-21(29-22)25(32)28-17-9-6-10-17/h5,7-8,11-14,17,29H,6,9-10H2,1-4H3,(H,28,32). The van der Waals surface area contributed by atoms with Crippen LogP contribution in [-0.4, -0.2) is 26.1 Å². The Morgan fingerprint density at radius 1 is 1.00 bits per heavy atom. The number of H-pyrrole nitrogens is 1. The number of carbonyl (C=O) groups excluding carboxylic acids is 1. The lowest BCUT2D eigenvalue weighted by molar-refractivity contribution is 0.0912. The van der Waals surface area contributed by atoms with E-state index in [9.17, 15) is 14.4 Å². The first-order chi connectivity index (χ1) is 16.7. The summed E-state index contributed by atoms with van der Waals surface area (Å²) in [7, 11) is 3.31. The van der Waals surface area contributed by atoms with E-state index in [4.69, 9.17) is 4.74 Å². The molecular formula is C27H28N4O4. The van der Waals surface area contributed by atoms with Gasteiger partial charge in [0.1, 0.15) is 17.0 Å². The highest BCUT2D eigenvalue weighted by Crippen LogP contribution is 2.36. The molecule has 0 saturated heterocycles. The highest BCUT2D eigenvalue weighted by atomic mass is 16.5. The van der Waals surface area contributed by atoms with Gasteiger partial charge in [0.25, 0.3) is 17.0 Å². The van der Waals surface area contributed by atoms with Gasteiger partial charge in [0.05, 0.1) is 0 Å². The average molecular weight is 473 g/mol. The van der Waals surface area contributed by atoms with E-state index >= 15 is 0 Å². The molecule has 0 radical (unpaired) electrons. The topological polar surface area (TPSA) is 98.1 Å². The van der Waals surface area contributed by atoms with Gasteiger partial charge in [-0.25, -0.2) is 0 Å². The van der Waals surface area contributed by atoms with Gasteiger partial charge >= 0.3 is 0 Å². The molecule has 2 N–H and O–H groups in total. The van der Waals surface area contributed by atoms with E-state index in [1.54, 1.807) is 38.6 Å². The van der Waals surface area contributed by atoms with Crippen LogP contribution in [0.1, 0.15) is 40.9 Å². The van der Waals surface area contributed by atoms with Crippen LogP contribution in [0, 0.1) is 13.8 Å². The minimum Gasteiger partial charge on any atom is -0.450 e. The number of aromatic amines is 1. The molecule has 0 unspecified atom stereocenters. The number of para-hydroxylation sites is 1. The fourth-order valence-corrected chi connectivity index (χ4v) is 4.46. The lowest BCUT2D eigenvalue weighted by Crippen LogP contribution is -2.39. The molecule has 1 aromatic carbocycles. The third kappa shape index (κ3) is 3.95. The van der Waals surface area contributed by atoms with Gasteiger partial charge < -0.3 is 24.2 Å². The molecule has 1 aliphatic rings. The molecule has 8 nitrogen and oxygen atoms in total. The summed E-state index contributed by atoms with van der Waals surface area (Å²) in [6.45, 7) is 3.86. The summed E-state index contributed by atoms with van der Waals surface area (Å²) in [5.41, 5.74) is 3.05. The zero-order valence-corrected chi connectivity index (χ0v) is 20.3. The predicted octanol–water partition coefficient (Wildman–Crippen LogP) is 3.92. The molecule has 5 rings (SSSR count). The van der Waals surface area contributed by atoms with E-state index in [0.717, 1.165) is 30.4 Å². The van der Waals surface area contributed by atoms with Gasteiger partial charge in [-0.05, 0) is 56.4 Å². The number of benzene rings is 1. The summed E-state index contributed by atoms with van der Waals surface area (Å²) >= 11 is 0. The maximum Gasteiger partial charge on any atom is 0.293 e. The number of ether oxygens (including phenoxy) is 1. The molecule has 35 heavy (non-hydrogen) atoms. The number of hydrogen-bond acceptors (Lipinski definition) is 4. The number of fused-ring (bicyclic) bond motifs is 1. The quantitative estimate of drug-likeness (QED) is 0.460. The van der Waals surface area contributed by atoms with Crippen molar-refractivity contribution in [3.63, 3.8) is 0 Å². The van der Waals surface area contributed by atoms with E-state index in [2.05, 4.69) is 10.3 Å². The number of nitrogens with one attached hydrogen (secondary N) is 2. The van der Waals surface area contributed by atoms with E-state index in [1.807, 2.05) is 32.0 Å². The second kappa shape index (κ2) is 8.61. The number of aromatic nitrogens is 3. The molecule has 180 valence electrons.